The lowest BCUT2D eigenvalue weighted by Crippen LogP contribution is -2.38. The highest BCUT2D eigenvalue weighted by molar-refractivity contribution is 7.88. The van der Waals surface area contributed by atoms with E-state index in [9.17, 15) is 21.6 Å². The maximum Gasteiger partial charge on any atom is 0.390 e. The van der Waals surface area contributed by atoms with Crippen LogP contribution in [0.2, 0.25) is 0 Å². The van der Waals surface area contributed by atoms with Crippen molar-refractivity contribution in [2.45, 2.75) is 31.9 Å². The highest BCUT2D eigenvalue weighted by atomic mass is 32.2. The fourth-order valence-electron chi connectivity index (χ4n) is 2.32. The zero-order chi connectivity index (χ0) is 14.5. The van der Waals surface area contributed by atoms with Crippen LogP contribution in [0.1, 0.15) is 25.7 Å². The van der Waals surface area contributed by atoms with Crippen molar-refractivity contribution >= 4 is 10.0 Å². The molecule has 1 heterocycles. The monoisotopic (exact) mass is 302 g/mol. The van der Waals surface area contributed by atoms with Gasteiger partial charge < -0.3 is 4.90 Å². The van der Waals surface area contributed by atoms with Gasteiger partial charge in [-0.1, -0.05) is 0 Å². The first kappa shape index (κ1) is 16.7. The Hall–Kier alpha value is -0.340. The summed E-state index contributed by atoms with van der Waals surface area (Å²) < 4.78 is 60.6. The van der Waals surface area contributed by atoms with Crippen LogP contribution in [0.5, 0.6) is 0 Å². The molecular weight excluding hydrogens is 281 g/mol. The van der Waals surface area contributed by atoms with Gasteiger partial charge in [0.1, 0.15) is 0 Å². The molecule has 1 aliphatic heterocycles. The molecule has 0 aromatic rings. The molecule has 1 rings (SSSR count). The molecule has 1 saturated heterocycles. The fourth-order valence-corrected chi connectivity index (χ4v) is 2.81. The van der Waals surface area contributed by atoms with Gasteiger partial charge in [-0.15, -0.1) is 0 Å². The smallest absolute Gasteiger partial charge is 0.303 e. The Bertz CT molecular complexity index is 371. The summed E-state index contributed by atoms with van der Waals surface area (Å²) in [6, 6.07) is 0. The van der Waals surface area contributed by atoms with E-state index < -0.39 is 22.6 Å². The molecule has 1 atom stereocenters. The van der Waals surface area contributed by atoms with Crippen LogP contribution in [0.25, 0.3) is 0 Å². The standard InChI is InChI=1S/C11H21F3N2O2S/c1-19(17,18)15-6-4-10-3-2-7-16(9-10)8-5-11(12,13)14/h10,15H,2-9H2,1H3. The molecule has 0 radical (unpaired) electrons. The summed E-state index contributed by atoms with van der Waals surface area (Å²) in [7, 11) is -3.18. The second-order valence-electron chi connectivity index (χ2n) is 5.13. The predicted octanol–water partition coefficient (Wildman–Crippen LogP) is 1.59. The van der Waals surface area contributed by atoms with Gasteiger partial charge in [-0.05, 0) is 31.7 Å². The number of likely N-dealkylation sites (tertiary alicyclic amines) is 1. The van der Waals surface area contributed by atoms with E-state index in [0.29, 0.717) is 26.1 Å². The minimum Gasteiger partial charge on any atom is -0.303 e. The van der Waals surface area contributed by atoms with Gasteiger partial charge in [0.2, 0.25) is 10.0 Å². The average Bonchev–Trinajstić information content (AvgIpc) is 2.24. The van der Waals surface area contributed by atoms with Crippen LogP contribution < -0.4 is 4.72 Å². The van der Waals surface area contributed by atoms with E-state index in [-0.39, 0.29) is 12.5 Å². The summed E-state index contributed by atoms with van der Waals surface area (Å²) in [5.41, 5.74) is 0. The van der Waals surface area contributed by atoms with Crippen LogP contribution >= 0.6 is 0 Å². The average molecular weight is 302 g/mol. The summed E-state index contributed by atoms with van der Waals surface area (Å²) >= 11 is 0. The Labute approximate surface area is 112 Å². The quantitative estimate of drug-likeness (QED) is 0.810. The highest BCUT2D eigenvalue weighted by Crippen LogP contribution is 2.23. The molecule has 0 aromatic carbocycles. The second-order valence-corrected chi connectivity index (χ2v) is 6.96. The van der Waals surface area contributed by atoms with Crippen molar-refractivity contribution in [2.75, 3.05) is 32.4 Å². The Morgan fingerprint density at radius 3 is 2.63 bits per heavy atom. The summed E-state index contributed by atoms with van der Waals surface area (Å²) in [5.74, 6) is 0.274. The molecule has 4 nitrogen and oxygen atoms in total. The molecular formula is C11H21F3N2O2S. The predicted molar refractivity (Wildman–Crippen MR) is 67.3 cm³/mol. The van der Waals surface area contributed by atoms with E-state index in [2.05, 4.69) is 4.72 Å². The Morgan fingerprint density at radius 1 is 1.37 bits per heavy atom. The van der Waals surface area contributed by atoms with Crippen molar-refractivity contribution in [3.05, 3.63) is 0 Å². The minimum absolute atomic E-state index is 0.0412. The normalized spacial score (nSPS) is 22.6. The molecule has 8 heteroatoms. The Kier molecular flexibility index (Phi) is 6.07. The first-order valence-corrected chi connectivity index (χ1v) is 8.28. The largest absolute Gasteiger partial charge is 0.390 e. The van der Waals surface area contributed by atoms with Crippen molar-refractivity contribution in [3.8, 4) is 0 Å². The molecule has 1 aliphatic rings. The third-order valence-corrected chi connectivity index (χ3v) is 3.96. The fraction of sp³-hybridized carbons (Fsp3) is 1.00. The topological polar surface area (TPSA) is 49.4 Å². The molecule has 1 unspecified atom stereocenters. The van der Waals surface area contributed by atoms with Crippen LogP contribution in [0, 0.1) is 5.92 Å². The van der Waals surface area contributed by atoms with Gasteiger partial charge in [0, 0.05) is 19.6 Å². The number of rotatable bonds is 6. The third kappa shape index (κ3) is 8.43. The highest BCUT2D eigenvalue weighted by Gasteiger charge is 2.29. The van der Waals surface area contributed by atoms with Crippen molar-refractivity contribution < 1.29 is 21.6 Å². The Morgan fingerprint density at radius 2 is 2.05 bits per heavy atom. The zero-order valence-corrected chi connectivity index (χ0v) is 11.9. The molecule has 0 amide bonds. The van der Waals surface area contributed by atoms with Crippen LogP contribution in [-0.2, 0) is 10.0 Å². The van der Waals surface area contributed by atoms with Gasteiger partial charge in [0.05, 0.1) is 12.7 Å². The lowest BCUT2D eigenvalue weighted by atomic mass is 9.95. The summed E-state index contributed by atoms with van der Waals surface area (Å²) in [6.07, 6.45) is -1.28. The molecule has 19 heavy (non-hydrogen) atoms. The van der Waals surface area contributed by atoms with Crippen LogP contribution in [0.15, 0.2) is 0 Å². The number of nitrogens with one attached hydrogen (secondary N) is 1. The molecule has 0 spiro atoms. The van der Waals surface area contributed by atoms with Crippen LogP contribution in [0.4, 0.5) is 13.2 Å². The SMILES string of the molecule is CS(=O)(=O)NCCC1CCCN(CCC(F)(F)F)C1. The second kappa shape index (κ2) is 6.90. The summed E-state index contributed by atoms with van der Waals surface area (Å²) in [6.45, 7) is 1.73. The van der Waals surface area contributed by atoms with Crippen LogP contribution in [0.3, 0.4) is 0 Å². The van der Waals surface area contributed by atoms with Crippen LogP contribution in [-0.4, -0.2) is 51.9 Å². The van der Waals surface area contributed by atoms with E-state index in [0.717, 1.165) is 19.1 Å². The number of sulfonamides is 1. The molecule has 114 valence electrons. The number of halogens is 3. The molecule has 0 aromatic heterocycles. The Balaban J connectivity index is 2.26. The van der Waals surface area contributed by atoms with E-state index in [1.54, 1.807) is 0 Å². The number of nitrogens with zero attached hydrogens (tertiary/aromatic N) is 1. The number of hydrogen-bond donors (Lipinski definition) is 1. The van der Waals surface area contributed by atoms with E-state index >= 15 is 0 Å². The van der Waals surface area contributed by atoms with Gasteiger partial charge in [-0.3, -0.25) is 0 Å². The maximum atomic E-state index is 12.1. The first-order valence-electron chi connectivity index (χ1n) is 6.39. The number of piperidine rings is 1. The first-order chi connectivity index (χ1) is 8.66. The van der Waals surface area contributed by atoms with E-state index in [4.69, 9.17) is 0 Å². The van der Waals surface area contributed by atoms with E-state index in [1.807, 2.05) is 4.90 Å². The lowest BCUT2D eigenvalue weighted by molar-refractivity contribution is -0.138. The van der Waals surface area contributed by atoms with Gasteiger partial charge in [-0.2, -0.15) is 13.2 Å². The van der Waals surface area contributed by atoms with Crippen molar-refractivity contribution in [1.82, 2.24) is 9.62 Å². The maximum absolute atomic E-state index is 12.1. The minimum atomic E-state index is -4.11. The summed E-state index contributed by atoms with van der Waals surface area (Å²) in [5, 5.41) is 0. The van der Waals surface area contributed by atoms with Gasteiger partial charge in [0.15, 0.2) is 0 Å². The molecule has 1 N–H and O–H groups in total. The van der Waals surface area contributed by atoms with Gasteiger partial charge in [-0.25, -0.2) is 13.1 Å². The van der Waals surface area contributed by atoms with Gasteiger partial charge in [0.25, 0.3) is 0 Å². The van der Waals surface area contributed by atoms with Crippen molar-refractivity contribution in [3.63, 3.8) is 0 Å². The van der Waals surface area contributed by atoms with E-state index in [1.165, 1.54) is 0 Å². The van der Waals surface area contributed by atoms with Gasteiger partial charge >= 0.3 is 6.18 Å². The molecule has 0 saturated carbocycles. The summed E-state index contributed by atoms with van der Waals surface area (Å²) in [4.78, 5) is 1.82. The third-order valence-electron chi connectivity index (χ3n) is 3.23. The van der Waals surface area contributed by atoms with Crippen molar-refractivity contribution in [2.24, 2.45) is 5.92 Å². The molecule has 0 aliphatic carbocycles. The number of alkyl halides is 3. The van der Waals surface area contributed by atoms with Crippen molar-refractivity contribution in [1.29, 1.82) is 0 Å². The zero-order valence-electron chi connectivity index (χ0n) is 11.0. The molecule has 1 fully saturated rings. The lowest BCUT2D eigenvalue weighted by Gasteiger charge is -2.32. The molecule has 0 bridgehead atoms. The number of hydrogen-bond acceptors (Lipinski definition) is 3.